The number of hydrogen-bond donors (Lipinski definition) is 0. The number of aryl methyl sites for hydroxylation is 2. The summed E-state index contributed by atoms with van der Waals surface area (Å²) in [7, 11) is 3.17. The molecule has 0 bridgehead atoms. The molecule has 0 radical (unpaired) electrons. The van der Waals surface area contributed by atoms with Gasteiger partial charge < -0.3 is 0 Å². The van der Waals surface area contributed by atoms with Gasteiger partial charge in [0.05, 0.1) is 0 Å². The zero-order valence-corrected chi connectivity index (χ0v) is 16.2. The van der Waals surface area contributed by atoms with Crippen LogP contribution in [-0.4, -0.2) is 0 Å². The lowest BCUT2D eigenvalue weighted by Gasteiger charge is -2.34. The second-order valence-electron chi connectivity index (χ2n) is 6.68. The summed E-state index contributed by atoms with van der Waals surface area (Å²) in [6.07, 6.45) is 1.07. The van der Waals surface area contributed by atoms with E-state index in [9.17, 15) is 0 Å². The molecule has 0 aliphatic rings. The zero-order valence-electron chi connectivity index (χ0n) is 15.1. The van der Waals surface area contributed by atoms with Crippen molar-refractivity contribution in [1.29, 1.82) is 0 Å². The Morgan fingerprint density at radius 1 is 0.682 bits per heavy atom. The topological polar surface area (TPSA) is 0 Å². The van der Waals surface area contributed by atoms with E-state index in [2.05, 4.69) is 82.0 Å². The highest BCUT2D eigenvalue weighted by molar-refractivity contribution is 7.19. The van der Waals surface area contributed by atoms with Gasteiger partial charge >= 0.3 is 0 Å². The molecule has 118 valence electrons. The van der Waals surface area contributed by atoms with Crippen LogP contribution < -0.4 is 0 Å². The van der Waals surface area contributed by atoms with Crippen LogP contribution in [0.25, 0.3) is 0 Å². The Kier molecular flexibility index (Phi) is 4.83. The molecule has 0 nitrogen and oxygen atoms in total. The summed E-state index contributed by atoms with van der Waals surface area (Å²) in [4.78, 5) is 0. The first-order valence-electron chi connectivity index (χ1n) is 8.17. The van der Waals surface area contributed by atoms with Crippen LogP contribution in [0.4, 0.5) is 0 Å². The quantitative estimate of drug-likeness (QED) is 0.604. The fourth-order valence-corrected chi connectivity index (χ4v) is 4.03. The van der Waals surface area contributed by atoms with Gasteiger partial charge in [-0.05, 0) is 92.5 Å². The minimum Gasteiger partial charge on any atom is -0.122 e. The molecule has 1 unspecified atom stereocenters. The van der Waals surface area contributed by atoms with Crippen LogP contribution in [0.15, 0.2) is 24.3 Å². The van der Waals surface area contributed by atoms with Crippen molar-refractivity contribution in [1.82, 2.24) is 0 Å². The molecule has 0 saturated carbocycles. The highest BCUT2D eigenvalue weighted by atomic mass is 31.0. The van der Waals surface area contributed by atoms with Crippen molar-refractivity contribution in [2.45, 2.75) is 60.0 Å². The van der Waals surface area contributed by atoms with E-state index >= 15 is 0 Å². The first kappa shape index (κ1) is 17.2. The van der Waals surface area contributed by atoms with Crippen LogP contribution in [0, 0.1) is 41.5 Å². The molecule has 1 atom stereocenters. The predicted octanol–water partition coefficient (Wildman–Crippen LogP) is 6.07. The molecule has 0 aromatic heterocycles. The zero-order chi connectivity index (χ0) is 16.7. The average Bonchev–Trinajstić information content (AvgIpc) is 2.50. The molecule has 0 saturated heterocycles. The maximum Gasteiger partial charge on any atom is 0.0347 e. The van der Waals surface area contributed by atoms with E-state index in [4.69, 9.17) is 0 Å². The van der Waals surface area contributed by atoms with Crippen LogP contribution in [0.1, 0.15) is 57.9 Å². The van der Waals surface area contributed by atoms with Gasteiger partial charge in [0.1, 0.15) is 0 Å². The van der Waals surface area contributed by atoms with E-state index in [0.29, 0.717) is 0 Å². The van der Waals surface area contributed by atoms with Crippen molar-refractivity contribution in [2.75, 3.05) is 0 Å². The van der Waals surface area contributed by atoms with E-state index in [1.54, 1.807) is 0 Å². The van der Waals surface area contributed by atoms with Gasteiger partial charge in [-0.1, -0.05) is 31.2 Å². The number of hydrogen-bond acceptors (Lipinski definition) is 0. The minimum atomic E-state index is -0.00884. The molecular formula is C21H29P. The van der Waals surface area contributed by atoms with Gasteiger partial charge in [-0.15, -0.1) is 9.24 Å². The molecule has 0 aliphatic carbocycles. The fraction of sp³-hybridized carbons (Fsp3) is 0.429. The summed E-state index contributed by atoms with van der Waals surface area (Å²) in [5.74, 6) is 0. The molecular weight excluding hydrogens is 283 g/mol. The lowest BCUT2D eigenvalue weighted by Crippen LogP contribution is -2.22. The maximum absolute atomic E-state index is 3.17. The average molecular weight is 312 g/mol. The van der Waals surface area contributed by atoms with Crippen LogP contribution in [0.2, 0.25) is 0 Å². The predicted molar refractivity (Wildman–Crippen MR) is 102 cm³/mol. The van der Waals surface area contributed by atoms with Crippen molar-refractivity contribution >= 4 is 9.24 Å². The van der Waals surface area contributed by atoms with Gasteiger partial charge in [-0.2, -0.15) is 0 Å². The van der Waals surface area contributed by atoms with Gasteiger partial charge in [-0.3, -0.25) is 0 Å². The molecule has 2 aromatic carbocycles. The Morgan fingerprint density at radius 2 is 1.05 bits per heavy atom. The van der Waals surface area contributed by atoms with E-state index in [1.165, 1.54) is 44.5 Å². The van der Waals surface area contributed by atoms with Crippen molar-refractivity contribution in [2.24, 2.45) is 0 Å². The Hall–Kier alpha value is -1.13. The SMILES string of the molecule is CCC(P)(c1ccc(C)c(C)c1C)c1ccc(C)c(C)c1C. The van der Waals surface area contributed by atoms with Gasteiger partial charge in [0, 0.05) is 5.16 Å². The van der Waals surface area contributed by atoms with Gasteiger partial charge in [0.2, 0.25) is 0 Å². The molecule has 0 spiro atoms. The molecule has 0 N–H and O–H groups in total. The second-order valence-corrected chi connectivity index (χ2v) is 7.67. The standard InChI is InChI=1S/C21H29P/c1-8-21(22,19-11-9-13(2)15(4)17(19)6)20-12-10-14(3)16(5)18(20)7/h9-12H,8,22H2,1-7H3. The summed E-state index contributed by atoms with van der Waals surface area (Å²) >= 11 is 0. The van der Waals surface area contributed by atoms with E-state index in [0.717, 1.165) is 6.42 Å². The van der Waals surface area contributed by atoms with Crippen molar-refractivity contribution in [3.05, 3.63) is 68.8 Å². The lowest BCUT2D eigenvalue weighted by molar-refractivity contribution is 0.697. The molecule has 22 heavy (non-hydrogen) atoms. The summed E-state index contributed by atoms with van der Waals surface area (Å²) in [6.45, 7) is 15.7. The highest BCUT2D eigenvalue weighted by Gasteiger charge is 2.31. The third-order valence-electron chi connectivity index (χ3n) is 5.63. The smallest absolute Gasteiger partial charge is 0.0347 e. The summed E-state index contributed by atoms with van der Waals surface area (Å²) in [5, 5.41) is -0.00884. The third kappa shape index (κ3) is 2.63. The van der Waals surface area contributed by atoms with Gasteiger partial charge in [0.15, 0.2) is 0 Å². The van der Waals surface area contributed by atoms with Gasteiger partial charge in [0.25, 0.3) is 0 Å². The molecule has 0 heterocycles. The van der Waals surface area contributed by atoms with Crippen molar-refractivity contribution in [3.63, 3.8) is 0 Å². The monoisotopic (exact) mass is 312 g/mol. The Balaban J connectivity index is 2.74. The molecule has 0 fully saturated rings. The largest absolute Gasteiger partial charge is 0.122 e. The van der Waals surface area contributed by atoms with E-state index in [1.807, 2.05) is 0 Å². The first-order valence-corrected chi connectivity index (χ1v) is 8.75. The maximum atomic E-state index is 3.17. The highest BCUT2D eigenvalue weighted by Crippen LogP contribution is 2.46. The van der Waals surface area contributed by atoms with Crippen molar-refractivity contribution in [3.8, 4) is 0 Å². The van der Waals surface area contributed by atoms with Crippen LogP contribution in [0.3, 0.4) is 0 Å². The summed E-state index contributed by atoms with van der Waals surface area (Å²) in [6, 6.07) is 9.18. The summed E-state index contributed by atoms with van der Waals surface area (Å²) in [5.41, 5.74) is 11.3. The van der Waals surface area contributed by atoms with Crippen LogP contribution in [-0.2, 0) is 5.16 Å². The molecule has 0 aliphatic heterocycles. The lowest BCUT2D eigenvalue weighted by atomic mass is 9.80. The third-order valence-corrected chi connectivity index (χ3v) is 6.67. The number of benzene rings is 2. The normalized spacial score (nSPS) is 11.8. The molecule has 2 rings (SSSR count). The Morgan fingerprint density at radius 3 is 1.36 bits per heavy atom. The summed E-state index contributed by atoms with van der Waals surface area (Å²) < 4.78 is 0. The van der Waals surface area contributed by atoms with E-state index in [-0.39, 0.29) is 5.16 Å². The second kappa shape index (κ2) is 6.17. The van der Waals surface area contributed by atoms with Crippen molar-refractivity contribution < 1.29 is 0 Å². The van der Waals surface area contributed by atoms with Gasteiger partial charge in [-0.25, -0.2) is 0 Å². The first-order chi connectivity index (χ1) is 10.2. The fourth-order valence-electron chi connectivity index (χ4n) is 3.40. The Bertz CT molecular complexity index is 653. The molecule has 0 amide bonds. The Labute approximate surface area is 138 Å². The molecule has 2 aromatic rings. The number of rotatable bonds is 3. The molecule has 1 heteroatoms. The van der Waals surface area contributed by atoms with E-state index < -0.39 is 0 Å². The van der Waals surface area contributed by atoms with Crippen LogP contribution in [0.5, 0.6) is 0 Å². The minimum absolute atomic E-state index is 0.00884. The van der Waals surface area contributed by atoms with Crippen LogP contribution >= 0.6 is 9.24 Å².